The van der Waals surface area contributed by atoms with Gasteiger partial charge in [0, 0.05) is 31.7 Å². The van der Waals surface area contributed by atoms with Crippen molar-refractivity contribution in [2.45, 2.75) is 18.9 Å². The van der Waals surface area contributed by atoms with E-state index in [-0.39, 0.29) is 11.9 Å². The summed E-state index contributed by atoms with van der Waals surface area (Å²) >= 11 is 0. The zero-order valence-corrected chi connectivity index (χ0v) is 12.1. The van der Waals surface area contributed by atoms with Crippen LogP contribution in [0.25, 0.3) is 5.69 Å². The molecule has 1 aliphatic rings. The SMILES string of the molecule is CN(C(=O)c1cc(-n2cccn2)ccn1)C1CCNCC1. The third-order valence-electron chi connectivity index (χ3n) is 3.91. The summed E-state index contributed by atoms with van der Waals surface area (Å²) in [6, 6.07) is 5.76. The first kappa shape index (κ1) is 13.8. The van der Waals surface area contributed by atoms with Gasteiger partial charge in [-0.25, -0.2) is 4.68 Å². The molecule has 0 atom stereocenters. The summed E-state index contributed by atoms with van der Waals surface area (Å²) in [4.78, 5) is 18.6. The first-order valence-corrected chi connectivity index (χ1v) is 7.19. The van der Waals surface area contributed by atoms with E-state index >= 15 is 0 Å². The summed E-state index contributed by atoms with van der Waals surface area (Å²) < 4.78 is 1.73. The highest BCUT2D eigenvalue weighted by molar-refractivity contribution is 5.92. The lowest BCUT2D eigenvalue weighted by atomic mass is 10.0. The number of hydrogen-bond acceptors (Lipinski definition) is 4. The van der Waals surface area contributed by atoms with Crippen LogP contribution in [0.5, 0.6) is 0 Å². The second-order valence-corrected chi connectivity index (χ2v) is 5.25. The Kier molecular flexibility index (Phi) is 3.96. The molecule has 1 N–H and O–H groups in total. The molecule has 1 fully saturated rings. The lowest BCUT2D eigenvalue weighted by Crippen LogP contribution is -2.44. The van der Waals surface area contributed by atoms with E-state index in [1.54, 1.807) is 23.1 Å². The number of carbonyl (C=O) groups is 1. The molecule has 6 heteroatoms. The van der Waals surface area contributed by atoms with Gasteiger partial charge in [0.15, 0.2) is 0 Å². The van der Waals surface area contributed by atoms with E-state index in [1.807, 2.05) is 30.3 Å². The van der Waals surface area contributed by atoms with Gasteiger partial charge in [0.05, 0.1) is 5.69 Å². The number of nitrogens with zero attached hydrogens (tertiary/aromatic N) is 4. The summed E-state index contributed by atoms with van der Waals surface area (Å²) in [5.41, 5.74) is 1.31. The van der Waals surface area contributed by atoms with Gasteiger partial charge in [0.25, 0.3) is 5.91 Å². The van der Waals surface area contributed by atoms with Crippen molar-refractivity contribution in [2.75, 3.05) is 20.1 Å². The van der Waals surface area contributed by atoms with Crippen molar-refractivity contribution in [1.82, 2.24) is 25.0 Å². The van der Waals surface area contributed by atoms with Crippen molar-refractivity contribution >= 4 is 5.91 Å². The minimum absolute atomic E-state index is 0.0316. The Morgan fingerprint density at radius 3 is 2.90 bits per heavy atom. The average Bonchev–Trinajstić information content (AvgIpc) is 3.09. The van der Waals surface area contributed by atoms with Crippen LogP contribution in [0, 0.1) is 0 Å². The molecule has 0 aliphatic carbocycles. The van der Waals surface area contributed by atoms with Crippen molar-refractivity contribution in [3.8, 4) is 5.69 Å². The van der Waals surface area contributed by atoms with Gasteiger partial charge in [-0.1, -0.05) is 0 Å². The van der Waals surface area contributed by atoms with Gasteiger partial charge >= 0.3 is 0 Å². The van der Waals surface area contributed by atoms with Gasteiger partial charge in [-0.3, -0.25) is 9.78 Å². The number of nitrogens with one attached hydrogen (secondary N) is 1. The molecule has 0 saturated carbocycles. The number of piperidine rings is 1. The van der Waals surface area contributed by atoms with E-state index in [2.05, 4.69) is 15.4 Å². The van der Waals surface area contributed by atoms with Crippen molar-refractivity contribution in [3.63, 3.8) is 0 Å². The topological polar surface area (TPSA) is 63.1 Å². The van der Waals surface area contributed by atoms with Gasteiger partial charge in [-0.2, -0.15) is 5.10 Å². The number of pyridine rings is 1. The maximum absolute atomic E-state index is 12.6. The summed E-state index contributed by atoms with van der Waals surface area (Å²) in [5.74, 6) is -0.0316. The molecule has 3 heterocycles. The van der Waals surface area contributed by atoms with Crippen molar-refractivity contribution < 1.29 is 4.79 Å². The molecular weight excluding hydrogens is 266 g/mol. The maximum atomic E-state index is 12.6. The summed E-state index contributed by atoms with van der Waals surface area (Å²) in [7, 11) is 1.86. The molecule has 0 radical (unpaired) electrons. The highest BCUT2D eigenvalue weighted by Gasteiger charge is 2.23. The lowest BCUT2D eigenvalue weighted by Gasteiger charge is -2.31. The Morgan fingerprint density at radius 1 is 1.38 bits per heavy atom. The molecule has 2 aromatic rings. The Bertz CT molecular complexity index is 604. The number of rotatable bonds is 3. The molecule has 1 aliphatic heterocycles. The van der Waals surface area contributed by atoms with Gasteiger partial charge < -0.3 is 10.2 Å². The minimum Gasteiger partial charge on any atom is -0.337 e. The molecule has 21 heavy (non-hydrogen) atoms. The molecule has 2 aromatic heterocycles. The quantitative estimate of drug-likeness (QED) is 0.917. The molecule has 1 amide bonds. The molecule has 0 aromatic carbocycles. The first-order valence-electron chi connectivity index (χ1n) is 7.19. The second-order valence-electron chi connectivity index (χ2n) is 5.25. The number of amides is 1. The predicted molar refractivity (Wildman–Crippen MR) is 79.3 cm³/mol. The van der Waals surface area contributed by atoms with E-state index in [9.17, 15) is 4.79 Å². The van der Waals surface area contributed by atoms with E-state index in [1.165, 1.54) is 0 Å². The number of carbonyl (C=O) groups excluding carboxylic acids is 1. The van der Waals surface area contributed by atoms with E-state index in [0.29, 0.717) is 5.69 Å². The highest BCUT2D eigenvalue weighted by atomic mass is 16.2. The molecule has 0 bridgehead atoms. The van der Waals surface area contributed by atoms with E-state index in [4.69, 9.17) is 0 Å². The van der Waals surface area contributed by atoms with Crippen LogP contribution in [0.2, 0.25) is 0 Å². The fourth-order valence-electron chi connectivity index (χ4n) is 2.64. The Morgan fingerprint density at radius 2 is 2.19 bits per heavy atom. The highest BCUT2D eigenvalue weighted by Crippen LogP contribution is 2.14. The third-order valence-corrected chi connectivity index (χ3v) is 3.91. The monoisotopic (exact) mass is 285 g/mol. The molecular formula is C15H19N5O. The molecule has 1 saturated heterocycles. The van der Waals surface area contributed by atoms with Gasteiger partial charge in [0.1, 0.15) is 5.69 Å². The molecule has 0 unspecified atom stereocenters. The van der Waals surface area contributed by atoms with Crippen LogP contribution >= 0.6 is 0 Å². The van der Waals surface area contributed by atoms with Crippen molar-refractivity contribution in [3.05, 3.63) is 42.5 Å². The number of aromatic nitrogens is 3. The predicted octanol–water partition coefficient (Wildman–Crippen LogP) is 1.09. The summed E-state index contributed by atoms with van der Waals surface area (Å²) in [6.45, 7) is 1.92. The van der Waals surface area contributed by atoms with Gasteiger partial charge in [0.2, 0.25) is 0 Å². The lowest BCUT2D eigenvalue weighted by molar-refractivity contribution is 0.0697. The van der Waals surface area contributed by atoms with Crippen molar-refractivity contribution in [1.29, 1.82) is 0 Å². The Balaban J connectivity index is 1.79. The Hall–Kier alpha value is -2.21. The average molecular weight is 285 g/mol. The van der Waals surface area contributed by atoms with Crippen LogP contribution in [0.3, 0.4) is 0 Å². The van der Waals surface area contributed by atoms with Crippen molar-refractivity contribution in [2.24, 2.45) is 0 Å². The molecule has 110 valence electrons. The minimum atomic E-state index is -0.0316. The van der Waals surface area contributed by atoms with Crippen LogP contribution in [0.4, 0.5) is 0 Å². The molecule has 6 nitrogen and oxygen atoms in total. The van der Waals surface area contributed by atoms with Crippen LogP contribution < -0.4 is 5.32 Å². The maximum Gasteiger partial charge on any atom is 0.272 e. The fraction of sp³-hybridized carbons (Fsp3) is 0.400. The number of hydrogen-bond donors (Lipinski definition) is 1. The Labute approximate surface area is 123 Å². The third kappa shape index (κ3) is 2.95. The summed E-state index contributed by atoms with van der Waals surface area (Å²) in [6.07, 6.45) is 7.19. The van der Waals surface area contributed by atoms with Crippen LogP contribution in [0.15, 0.2) is 36.8 Å². The summed E-state index contributed by atoms with van der Waals surface area (Å²) in [5, 5.41) is 7.49. The zero-order chi connectivity index (χ0) is 14.7. The normalized spacial score (nSPS) is 15.9. The van der Waals surface area contributed by atoms with Crippen LogP contribution in [0.1, 0.15) is 23.3 Å². The smallest absolute Gasteiger partial charge is 0.272 e. The van der Waals surface area contributed by atoms with Gasteiger partial charge in [-0.05, 0) is 44.1 Å². The largest absolute Gasteiger partial charge is 0.337 e. The molecule has 3 rings (SSSR count). The van der Waals surface area contributed by atoms with Crippen LogP contribution in [-0.2, 0) is 0 Å². The fourth-order valence-corrected chi connectivity index (χ4v) is 2.64. The van der Waals surface area contributed by atoms with Crippen LogP contribution in [-0.4, -0.2) is 51.8 Å². The van der Waals surface area contributed by atoms with E-state index < -0.39 is 0 Å². The second kappa shape index (κ2) is 6.05. The molecule has 0 spiro atoms. The van der Waals surface area contributed by atoms with E-state index in [0.717, 1.165) is 31.6 Å². The zero-order valence-electron chi connectivity index (χ0n) is 12.1. The first-order chi connectivity index (χ1) is 10.3. The standard InChI is InChI=1S/C15H19N5O/c1-19(12-3-7-16-8-4-12)15(21)14-11-13(5-9-17-14)20-10-2-6-18-20/h2,5-6,9-12,16H,3-4,7-8H2,1H3. The van der Waals surface area contributed by atoms with Gasteiger partial charge in [-0.15, -0.1) is 0 Å².